The molecule has 2 aliphatic heterocycles. The SMILES string of the molecule is CC1(C)C(/C=C/C(=C/C=C2/N(CCCS(=O)(=O)O)c3ccc(S(=O)(=O)O)cc3C2(C)C)c2ccc(C(=O)O)cn2)=[N+](CCCSOOO)c2ccc(SOOO)cc21. The van der Waals surface area contributed by atoms with Crippen molar-refractivity contribution in [2.45, 2.75) is 61.2 Å². The number of anilines is 1. The number of allylic oxidation sites excluding steroid dienone is 6. The van der Waals surface area contributed by atoms with Gasteiger partial charge in [0.15, 0.2) is 5.71 Å². The minimum Gasteiger partial charge on any atom is -0.478 e. The van der Waals surface area contributed by atoms with Crippen LogP contribution in [-0.2, 0) is 49.8 Å². The van der Waals surface area contributed by atoms with Crippen molar-refractivity contribution in [3.8, 4) is 0 Å². The van der Waals surface area contributed by atoms with Crippen LogP contribution in [0.1, 0.15) is 67.7 Å². The molecule has 2 aliphatic rings. The number of carbonyl (C=O) groups is 1. The lowest BCUT2D eigenvalue weighted by molar-refractivity contribution is -0.438. The molecule has 3 aromatic rings. The van der Waals surface area contributed by atoms with Gasteiger partial charge in [-0.2, -0.15) is 21.4 Å². The van der Waals surface area contributed by atoms with Crippen LogP contribution < -0.4 is 4.90 Å². The second-order valence-corrected chi connectivity index (χ2v) is 18.7. The van der Waals surface area contributed by atoms with Crippen molar-refractivity contribution in [1.82, 2.24) is 4.98 Å². The number of pyridine rings is 1. The van der Waals surface area contributed by atoms with Crippen LogP contribution in [-0.4, -0.2) is 87.4 Å². The highest BCUT2D eigenvalue weighted by Gasteiger charge is 2.45. The van der Waals surface area contributed by atoms with E-state index in [1.807, 2.05) is 62.9 Å². The molecule has 0 fully saturated rings. The van der Waals surface area contributed by atoms with E-state index in [1.54, 1.807) is 18.2 Å². The number of fused-ring (bicyclic) bond motifs is 2. The Kier molecular flexibility index (Phi) is 14.4. The van der Waals surface area contributed by atoms with Gasteiger partial charge in [0.05, 0.1) is 39.4 Å². The fourth-order valence-electron chi connectivity index (χ4n) is 7.05. The third-order valence-corrected chi connectivity index (χ3v) is 12.6. The van der Waals surface area contributed by atoms with E-state index < -0.39 is 42.8 Å². The zero-order chi connectivity index (χ0) is 42.5. The third-order valence-electron chi connectivity index (χ3n) is 9.80. The Morgan fingerprint density at radius 3 is 2.31 bits per heavy atom. The molecule has 5 N–H and O–H groups in total. The van der Waals surface area contributed by atoms with Crippen molar-refractivity contribution < 1.29 is 69.7 Å². The van der Waals surface area contributed by atoms with E-state index in [-0.39, 0.29) is 23.4 Å². The molecule has 0 radical (unpaired) electrons. The molecule has 0 amide bonds. The summed E-state index contributed by atoms with van der Waals surface area (Å²) in [4.78, 5) is 18.4. The van der Waals surface area contributed by atoms with Crippen LogP contribution in [0.2, 0.25) is 0 Å². The standard InChI is InChI=1S/C37H41N3O14S4/c1-36(2)28-21-26(56-54-52-44)10-13-31(28)39(17-5-19-55-53-51-43)33(36)15-8-24(30-12-7-25(23-38-30)35(41)42)9-16-34-37(3,4)29-22-27(58(48,49)50)11-14-32(29)40(34)18-6-20-57(45,46)47/h7-16,21-23H,5-6,17-20H2,1-4H3,(H4-,41,42,43,44,45,46,47,48,49,50)/p+1. The van der Waals surface area contributed by atoms with Crippen LogP contribution in [0.3, 0.4) is 0 Å². The first-order valence-electron chi connectivity index (χ1n) is 17.5. The van der Waals surface area contributed by atoms with Gasteiger partial charge in [-0.05, 0) is 80.4 Å². The first kappa shape index (κ1) is 45.1. The van der Waals surface area contributed by atoms with Gasteiger partial charge in [-0.15, -0.1) is 8.67 Å². The summed E-state index contributed by atoms with van der Waals surface area (Å²) < 4.78 is 78.2. The molecule has 0 saturated carbocycles. The summed E-state index contributed by atoms with van der Waals surface area (Å²) in [6.45, 7) is 8.42. The fourth-order valence-corrected chi connectivity index (χ4v) is 8.81. The lowest BCUT2D eigenvalue weighted by Gasteiger charge is -2.27. The maximum atomic E-state index is 12.1. The van der Waals surface area contributed by atoms with Gasteiger partial charge in [-0.25, -0.2) is 15.3 Å². The molecule has 5 rings (SSSR count). The van der Waals surface area contributed by atoms with E-state index in [1.165, 1.54) is 30.5 Å². The molecule has 3 heterocycles. The van der Waals surface area contributed by atoms with Crippen LogP contribution in [0, 0.1) is 0 Å². The molecule has 0 atom stereocenters. The Bertz CT molecular complexity index is 2380. The highest BCUT2D eigenvalue weighted by atomic mass is 32.2. The second-order valence-electron chi connectivity index (χ2n) is 14.2. The summed E-state index contributed by atoms with van der Waals surface area (Å²) in [5.74, 6) is -1.20. The minimum atomic E-state index is -4.56. The number of nitrogens with zero attached hydrogens (tertiary/aromatic N) is 3. The molecule has 2 aromatic carbocycles. The Morgan fingerprint density at radius 2 is 1.67 bits per heavy atom. The molecule has 0 spiro atoms. The summed E-state index contributed by atoms with van der Waals surface area (Å²) in [6, 6.07) is 12.8. The van der Waals surface area contributed by atoms with Crippen LogP contribution >= 0.6 is 24.1 Å². The largest absolute Gasteiger partial charge is 0.478 e. The first-order valence-corrected chi connectivity index (χ1v) is 22.2. The van der Waals surface area contributed by atoms with Gasteiger partial charge in [0, 0.05) is 81.9 Å². The maximum absolute atomic E-state index is 12.1. The molecular weight excluding hydrogens is 839 g/mol. The maximum Gasteiger partial charge on any atom is 0.337 e. The third kappa shape index (κ3) is 10.4. The van der Waals surface area contributed by atoms with Gasteiger partial charge < -0.3 is 10.0 Å². The molecule has 17 nitrogen and oxygen atoms in total. The van der Waals surface area contributed by atoms with Gasteiger partial charge in [0.25, 0.3) is 20.2 Å². The van der Waals surface area contributed by atoms with Crippen molar-refractivity contribution >= 4 is 73.0 Å². The van der Waals surface area contributed by atoms with Crippen LogP contribution in [0.25, 0.3) is 5.57 Å². The lowest BCUT2D eigenvalue weighted by Crippen LogP contribution is -2.28. The molecule has 1 aromatic heterocycles. The van der Waals surface area contributed by atoms with Crippen LogP contribution in [0.5, 0.6) is 0 Å². The van der Waals surface area contributed by atoms with Gasteiger partial charge in [-0.1, -0.05) is 30.0 Å². The van der Waals surface area contributed by atoms with Gasteiger partial charge in [-0.3, -0.25) is 14.1 Å². The number of aromatic carboxylic acids is 1. The average Bonchev–Trinajstić information content (AvgIpc) is 3.50. The van der Waals surface area contributed by atoms with Crippen molar-refractivity contribution in [2.75, 3.05) is 29.5 Å². The first-order chi connectivity index (χ1) is 27.3. The summed E-state index contributed by atoms with van der Waals surface area (Å²) in [5.41, 5.74) is 3.90. The zero-order valence-corrected chi connectivity index (χ0v) is 34.9. The number of benzene rings is 2. The normalized spacial score (nSPS) is 17.1. The summed E-state index contributed by atoms with van der Waals surface area (Å²) in [5, 5.41) is 34.4. The summed E-state index contributed by atoms with van der Waals surface area (Å²) >= 11 is 1.76. The molecule has 58 heavy (non-hydrogen) atoms. The molecule has 0 bridgehead atoms. The average molecular weight is 881 g/mol. The quantitative estimate of drug-likeness (QED) is 0.0157. The van der Waals surface area contributed by atoms with Crippen molar-refractivity contribution in [3.63, 3.8) is 0 Å². The number of hydrogen-bond acceptors (Lipinski definition) is 15. The van der Waals surface area contributed by atoms with Crippen molar-refractivity contribution in [1.29, 1.82) is 0 Å². The smallest absolute Gasteiger partial charge is 0.337 e. The number of aromatic nitrogens is 1. The molecule has 21 heteroatoms. The van der Waals surface area contributed by atoms with Gasteiger partial charge >= 0.3 is 5.97 Å². The topological polar surface area (TPSA) is 243 Å². The Morgan fingerprint density at radius 1 is 0.931 bits per heavy atom. The minimum absolute atomic E-state index is 0.0249. The van der Waals surface area contributed by atoms with Gasteiger partial charge in [0.1, 0.15) is 6.54 Å². The Labute approximate surface area is 343 Å². The highest BCUT2D eigenvalue weighted by Crippen LogP contribution is 2.49. The highest BCUT2D eigenvalue weighted by molar-refractivity contribution is 7.94. The lowest BCUT2D eigenvalue weighted by atomic mass is 9.81. The summed E-state index contributed by atoms with van der Waals surface area (Å²) in [6.07, 6.45) is 9.19. The van der Waals surface area contributed by atoms with E-state index >= 15 is 0 Å². The van der Waals surface area contributed by atoms with E-state index in [9.17, 15) is 35.8 Å². The van der Waals surface area contributed by atoms with Crippen molar-refractivity contribution in [2.24, 2.45) is 0 Å². The van der Waals surface area contributed by atoms with Gasteiger partial charge in [0.2, 0.25) is 5.69 Å². The number of carboxylic acid groups (broad SMARTS) is 1. The van der Waals surface area contributed by atoms with Crippen LogP contribution in [0.15, 0.2) is 94.5 Å². The fraction of sp³-hybridized carbons (Fsp3) is 0.324. The van der Waals surface area contributed by atoms with Crippen LogP contribution in [0.4, 0.5) is 11.4 Å². The number of carboxylic acids is 1. The predicted molar refractivity (Wildman–Crippen MR) is 216 cm³/mol. The molecule has 312 valence electrons. The zero-order valence-electron chi connectivity index (χ0n) is 31.6. The second kappa shape index (κ2) is 18.5. The molecule has 0 saturated heterocycles. The Hall–Kier alpha value is -3.97. The number of rotatable bonds is 19. The molecule has 0 aliphatic carbocycles. The monoisotopic (exact) mass is 880 g/mol. The summed E-state index contributed by atoms with van der Waals surface area (Å²) in [7, 11) is -8.84. The molecular formula is C37H42N3O14S4+. The molecule has 0 unspecified atom stereocenters. The Balaban J connectivity index is 1.65. The van der Waals surface area contributed by atoms with E-state index in [2.05, 4.69) is 28.3 Å². The van der Waals surface area contributed by atoms with E-state index in [4.69, 9.17) is 10.5 Å². The predicted octanol–water partition coefficient (Wildman–Crippen LogP) is 6.89. The number of hydrogen-bond donors (Lipinski definition) is 5. The van der Waals surface area contributed by atoms with E-state index in [0.29, 0.717) is 51.8 Å². The van der Waals surface area contributed by atoms with Crippen molar-refractivity contribution in [3.05, 3.63) is 107 Å². The van der Waals surface area contributed by atoms with E-state index in [0.717, 1.165) is 41.0 Å².